The number of rotatable bonds is 5. The molecule has 136 valence electrons. The first kappa shape index (κ1) is 18.3. The number of nitrogens with one attached hydrogen (secondary N) is 1. The second-order valence-electron chi connectivity index (χ2n) is 7.21. The van der Waals surface area contributed by atoms with E-state index in [2.05, 4.69) is 27.0 Å². The largest absolute Gasteiger partial charge is 0.416 e. The lowest BCUT2D eigenvalue weighted by Crippen LogP contribution is -2.33. The van der Waals surface area contributed by atoms with Gasteiger partial charge in [-0.1, -0.05) is 13.8 Å². The maximum Gasteiger partial charge on any atom is 0.416 e. The van der Waals surface area contributed by atoms with Crippen molar-refractivity contribution in [1.82, 2.24) is 5.32 Å². The van der Waals surface area contributed by atoms with Gasteiger partial charge in [-0.15, -0.1) is 0 Å². The number of anilines is 1. The first-order chi connectivity index (χ1) is 11.7. The molecule has 1 atom stereocenters. The molecule has 1 aliphatic heterocycles. The van der Waals surface area contributed by atoms with Gasteiger partial charge in [-0.2, -0.15) is 24.5 Å². The zero-order chi connectivity index (χ0) is 18.2. The summed E-state index contributed by atoms with van der Waals surface area (Å²) < 4.78 is 39.4. The van der Waals surface area contributed by atoms with Crippen LogP contribution in [0.2, 0.25) is 0 Å². The molecule has 0 radical (unpaired) electrons. The summed E-state index contributed by atoms with van der Waals surface area (Å²) in [5, 5.41) is 7.37. The molecule has 6 heteroatoms. The average molecular weight is 368 g/mol. The third kappa shape index (κ3) is 3.55. The van der Waals surface area contributed by atoms with E-state index >= 15 is 0 Å². The topological polar surface area (TPSA) is 15.3 Å². The van der Waals surface area contributed by atoms with Crippen LogP contribution < -0.4 is 10.2 Å². The van der Waals surface area contributed by atoms with Crippen molar-refractivity contribution in [2.75, 3.05) is 25.0 Å². The summed E-state index contributed by atoms with van der Waals surface area (Å²) in [5.41, 5.74) is 2.05. The van der Waals surface area contributed by atoms with Crippen molar-refractivity contribution in [2.45, 2.75) is 37.9 Å². The predicted octanol–water partition coefficient (Wildman–Crippen LogP) is 5.22. The van der Waals surface area contributed by atoms with E-state index in [4.69, 9.17) is 0 Å². The van der Waals surface area contributed by atoms with Gasteiger partial charge in [0.05, 0.1) is 11.6 Å². The Kier molecular flexibility index (Phi) is 4.86. The number of nitrogens with zero attached hydrogens (tertiary/aromatic N) is 1. The number of benzene rings is 1. The molecule has 0 bridgehead atoms. The Morgan fingerprint density at radius 2 is 2.04 bits per heavy atom. The highest BCUT2D eigenvalue weighted by molar-refractivity contribution is 7.08. The number of thiophene rings is 1. The molecule has 2 nitrogen and oxygen atoms in total. The van der Waals surface area contributed by atoms with E-state index < -0.39 is 11.7 Å². The standard InChI is InChI=1S/C19H23F3N2S/c1-18(2)12-24(16(6-8-23-3)13-7-9-25-11-13)17-5-4-14(10-15(17)18)19(20,21)22/h4-5,7,9-11,16,23H,6,8,12H2,1-3H3. The minimum atomic E-state index is -4.31. The van der Waals surface area contributed by atoms with E-state index in [9.17, 15) is 13.2 Å². The van der Waals surface area contributed by atoms with Crippen molar-refractivity contribution in [3.8, 4) is 0 Å². The zero-order valence-electron chi connectivity index (χ0n) is 14.7. The van der Waals surface area contributed by atoms with E-state index in [1.54, 1.807) is 17.4 Å². The Balaban J connectivity index is 2.02. The summed E-state index contributed by atoms with van der Waals surface area (Å²) in [7, 11) is 1.92. The molecule has 2 aromatic rings. The molecule has 25 heavy (non-hydrogen) atoms. The van der Waals surface area contributed by atoms with E-state index in [-0.39, 0.29) is 11.5 Å². The molecule has 1 aliphatic rings. The van der Waals surface area contributed by atoms with Crippen LogP contribution >= 0.6 is 11.3 Å². The second-order valence-corrected chi connectivity index (χ2v) is 7.99. The highest BCUT2D eigenvalue weighted by atomic mass is 32.1. The number of alkyl halides is 3. The van der Waals surface area contributed by atoms with Crippen molar-refractivity contribution in [1.29, 1.82) is 0 Å². The first-order valence-corrected chi connectivity index (χ1v) is 9.33. The van der Waals surface area contributed by atoms with Crippen molar-refractivity contribution in [3.05, 3.63) is 51.7 Å². The van der Waals surface area contributed by atoms with Gasteiger partial charge < -0.3 is 10.2 Å². The fraction of sp³-hybridized carbons (Fsp3) is 0.474. The van der Waals surface area contributed by atoms with Crippen molar-refractivity contribution >= 4 is 17.0 Å². The summed E-state index contributed by atoms with van der Waals surface area (Å²) in [6.07, 6.45) is -3.40. The smallest absolute Gasteiger partial charge is 0.363 e. The molecule has 0 amide bonds. The fourth-order valence-electron chi connectivity index (χ4n) is 3.63. The van der Waals surface area contributed by atoms with Crippen LogP contribution in [0.3, 0.4) is 0 Å². The SMILES string of the molecule is CNCCC(c1ccsc1)N1CC(C)(C)c2cc(C(F)(F)F)ccc21. The van der Waals surface area contributed by atoms with Gasteiger partial charge in [0.2, 0.25) is 0 Å². The Hall–Kier alpha value is -1.53. The highest BCUT2D eigenvalue weighted by Crippen LogP contribution is 2.47. The van der Waals surface area contributed by atoms with Gasteiger partial charge in [0.15, 0.2) is 0 Å². The number of hydrogen-bond acceptors (Lipinski definition) is 3. The van der Waals surface area contributed by atoms with Crippen LogP contribution in [0, 0.1) is 0 Å². The lowest BCUT2D eigenvalue weighted by molar-refractivity contribution is -0.137. The number of fused-ring (bicyclic) bond motifs is 1. The molecule has 0 aliphatic carbocycles. The van der Waals surface area contributed by atoms with Crippen molar-refractivity contribution < 1.29 is 13.2 Å². The van der Waals surface area contributed by atoms with Crippen LogP contribution in [-0.2, 0) is 11.6 Å². The molecule has 0 saturated heterocycles. The molecular formula is C19H23F3N2S. The normalized spacial score (nSPS) is 17.6. The van der Waals surface area contributed by atoms with E-state index in [0.717, 1.165) is 24.2 Å². The van der Waals surface area contributed by atoms with Gasteiger partial charge in [-0.05, 0) is 66.2 Å². The minimum absolute atomic E-state index is 0.163. The summed E-state index contributed by atoms with van der Waals surface area (Å²) >= 11 is 1.65. The molecule has 3 rings (SSSR count). The second kappa shape index (κ2) is 6.65. The minimum Gasteiger partial charge on any atom is -0.363 e. The maximum absolute atomic E-state index is 13.1. The zero-order valence-corrected chi connectivity index (χ0v) is 15.5. The molecule has 2 heterocycles. The monoisotopic (exact) mass is 368 g/mol. The van der Waals surface area contributed by atoms with Crippen LogP contribution in [-0.4, -0.2) is 20.1 Å². The maximum atomic E-state index is 13.1. The average Bonchev–Trinajstić information content (AvgIpc) is 3.14. The lowest BCUT2D eigenvalue weighted by atomic mass is 9.86. The van der Waals surface area contributed by atoms with Crippen molar-refractivity contribution in [2.24, 2.45) is 0 Å². The van der Waals surface area contributed by atoms with Crippen molar-refractivity contribution in [3.63, 3.8) is 0 Å². The van der Waals surface area contributed by atoms with E-state index in [1.165, 1.54) is 17.7 Å². The van der Waals surface area contributed by atoms with Gasteiger partial charge in [-0.3, -0.25) is 0 Å². The van der Waals surface area contributed by atoms with E-state index in [1.807, 2.05) is 20.9 Å². The Bertz CT molecular complexity index is 723. The predicted molar refractivity (Wildman–Crippen MR) is 97.4 cm³/mol. The van der Waals surface area contributed by atoms with Crippen LogP contribution in [0.4, 0.5) is 18.9 Å². The van der Waals surface area contributed by atoms with Crippen LogP contribution in [0.5, 0.6) is 0 Å². The van der Waals surface area contributed by atoms with Gasteiger partial charge in [0, 0.05) is 17.6 Å². The Morgan fingerprint density at radius 1 is 1.28 bits per heavy atom. The third-order valence-corrected chi connectivity index (χ3v) is 5.60. The molecular weight excluding hydrogens is 345 g/mol. The van der Waals surface area contributed by atoms with Gasteiger partial charge >= 0.3 is 6.18 Å². The molecule has 0 saturated carbocycles. The third-order valence-electron chi connectivity index (χ3n) is 4.90. The Morgan fingerprint density at radius 3 is 2.64 bits per heavy atom. The van der Waals surface area contributed by atoms with Gasteiger partial charge in [0.25, 0.3) is 0 Å². The quantitative estimate of drug-likeness (QED) is 0.779. The number of hydrogen-bond donors (Lipinski definition) is 1. The molecule has 0 spiro atoms. The fourth-order valence-corrected chi connectivity index (χ4v) is 4.33. The van der Waals surface area contributed by atoms with Crippen LogP contribution in [0.15, 0.2) is 35.0 Å². The first-order valence-electron chi connectivity index (χ1n) is 8.39. The summed E-state index contributed by atoms with van der Waals surface area (Å²) in [6, 6.07) is 6.45. The Labute approximate surface area is 150 Å². The van der Waals surface area contributed by atoms with Gasteiger partial charge in [0.1, 0.15) is 0 Å². The summed E-state index contributed by atoms with van der Waals surface area (Å²) in [6.45, 7) is 5.62. The molecule has 1 aromatic heterocycles. The summed E-state index contributed by atoms with van der Waals surface area (Å²) in [4.78, 5) is 2.27. The van der Waals surface area contributed by atoms with Gasteiger partial charge in [-0.25, -0.2) is 0 Å². The van der Waals surface area contributed by atoms with Crippen LogP contribution in [0.1, 0.15) is 43.0 Å². The summed E-state index contributed by atoms with van der Waals surface area (Å²) in [5.74, 6) is 0. The highest BCUT2D eigenvalue weighted by Gasteiger charge is 2.41. The number of halogens is 3. The lowest BCUT2D eigenvalue weighted by Gasteiger charge is -2.31. The molecule has 1 unspecified atom stereocenters. The molecule has 1 N–H and O–H groups in total. The molecule has 0 fully saturated rings. The molecule has 1 aromatic carbocycles. The van der Waals surface area contributed by atoms with E-state index in [0.29, 0.717) is 6.54 Å². The van der Waals surface area contributed by atoms with Crippen LogP contribution in [0.25, 0.3) is 0 Å².